The normalized spacial score (nSPS) is 12.9. The van der Waals surface area contributed by atoms with E-state index < -0.39 is 21.8 Å². The van der Waals surface area contributed by atoms with E-state index in [4.69, 9.17) is 0 Å². The molecular weight excluding hydrogens is 339 g/mol. The maximum Gasteiger partial charge on any atom is 0.416 e. The zero-order valence-electron chi connectivity index (χ0n) is 13.5. The third-order valence-corrected chi connectivity index (χ3v) is 4.87. The van der Waals surface area contributed by atoms with E-state index in [0.717, 1.165) is 23.8 Å². The quantitative estimate of drug-likeness (QED) is 0.857. The summed E-state index contributed by atoms with van der Waals surface area (Å²) in [7, 11) is -3.96. The number of hydrogen-bond donors (Lipinski definition) is 1. The summed E-state index contributed by atoms with van der Waals surface area (Å²) in [6.07, 6.45) is -4.53. The Hall–Kier alpha value is -2.02. The van der Waals surface area contributed by atoms with E-state index in [1.165, 1.54) is 18.2 Å². The molecule has 0 saturated carbocycles. The van der Waals surface area contributed by atoms with Crippen molar-refractivity contribution in [3.63, 3.8) is 0 Å². The second-order valence-corrected chi connectivity index (χ2v) is 8.14. The molecule has 130 valence electrons. The van der Waals surface area contributed by atoms with Crippen LogP contribution in [0.1, 0.15) is 31.9 Å². The first-order chi connectivity index (χ1) is 10.9. The molecular formula is C17H18F3NO2S. The Morgan fingerprint density at radius 1 is 0.875 bits per heavy atom. The molecule has 0 heterocycles. The van der Waals surface area contributed by atoms with Gasteiger partial charge in [0.25, 0.3) is 10.0 Å². The van der Waals surface area contributed by atoms with Crippen molar-refractivity contribution in [1.29, 1.82) is 0 Å². The lowest BCUT2D eigenvalue weighted by Gasteiger charge is -2.19. The van der Waals surface area contributed by atoms with E-state index in [9.17, 15) is 21.6 Å². The van der Waals surface area contributed by atoms with Gasteiger partial charge in [0.05, 0.1) is 10.5 Å². The first-order valence-electron chi connectivity index (χ1n) is 7.20. The van der Waals surface area contributed by atoms with Crippen LogP contribution >= 0.6 is 0 Å². The Balaban J connectivity index is 2.29. The minimum Gasteiger partial charge on any atom is -0.280 e. The average molecular weight is 357 g/mol. The summed E-state index contributed by atoms with van der Waals surface area (Å²) in [5, 5.41) is 0. The molecule has 24 heavy (non-hydrogen) atoms. The third-order valence-electron chi connectivity index (χ3n) is 3.47. The van der Waals surface area contributed by atoms with E-state index in [2.05, 4.69) is 4.72 Å². The lowest BCUT2D eigenvalue weighted by molar-refractivity contribution is -0.137. The van der Waals surface area contributed by atoms with Crippen LogP contribution in [-0.4, -0.2) is 8.42 Å². The van der Waals surface area contributed by atoms with Crippen molar-refractivity contribution in [3.05, 3.63) is 59.7 Å². The fourth-order valence-electron chi connectivity index (χ4n) is 2.11. The SMILES string of the molecule is CC(C)(C)c1ccc(S(=O)(=O)Nc2cccc(C(F)(F)F)c2)cc1. The van der Waals surface area contributed by atoms with Gasteiger partial charge < -0.3 is 0 Å². The predicted molar refractivity (Wildman–Crippen MR) is 87.4 cm³/mol. The van der Waals surface area contributed by atoms with Gasteiger partial charge in [0.1, 0.15) is 0 Å². The number of sulfonamides is 1. The lowest BCUT2D eigenvalue weighted by atomic mass is 9.87. The molecule has 0 atom stereocenters. The number of alkyl halides is 3. The maximum atomic E-state index is 12.7. The van der Waals surface area contributed by atoms with Gasteiger partial charge in [-0.15, -0.1) is 0 Å². The molecule has 3 nitrogen and oxygen atoms in total. The second-order valence-electron chi connectivity index (χ2n) is 6.46. The molecule has 2 aromatic rings. The van der Waals surface area contributed by atoms with Crippen LogP contribution in [0.5, 0.6) is 0 Å². The number of benzene rings is 2. The molecule has 7 heteroatoms. The van der Waals surface area contributed by atoms with Gasteiger partial charge in [-0.2, -0.15) is 13.2 Å². The summed E-state index contributed by atoms with van der Waals surface area (Å²) < 4.78 is 64.9. The standard InChI is InChI=1S/C17H18F3NO2S/c1-16(2,3)12-7-9-15(10-8-12)24(22,23)21-14-6-4-5-13(11-14)17(18,19)20/h4-11,21H,1-3H3. The Morgan fingerprint density at radius 3 is 1.96 bits per heavy atom. The Labute approximate surface area is 139 Å². The lowest BCUT2D eigenvalue weighted by Crippen LogP contribution is -2.15. The predicted octanol–water partition coefficient (Wildman–Crippen LogP) is 4.80. The largest absolute Gasteiger partial charge is 0.416 e. The van der Waals surface area contributed by atoms with Crippen LogP contribution in [0.15, 0.2) is 53.4 Å². The summed E-state index contributed by atoms with van der Waals surface area (Å²) >= 11 is 0. The molecule has 0 saturated heterocycles. The minimum atomic E-state index is -4.53. The van der Waals surface area contributed by atoms with Crippen molar-refractivity contribution >= 4 is 15.7 Å². The molecule has 0 unspecified atom stereocenters. The molecule has 2 rings (SSSR count). The molecule has 0 aliphatic heterocycles. The zero-order valence-corrected chi connectivity index (χ0v) is 14.3. The Kier molecular flexibility index (Phi) is 4.68. The fourth-order valence-corrected chi connectivity index (χ4v) is 3.16. The monoisotopic (exact) mass is 357 g/mol. The highest BCUT2D eigenvalue weighted by atomic mass is 32.2. The summed E-state index contributed by atoms with van der Waals surface area (Å²) in [5.41, 5.74) is -0.215. The van der Waals surface area contributed by atoms with E-state index in [1.807, 2.05) is 20.8 Å². The fraction of sp³-hybridized carbons (Fsp3) is 0.294. The minimum absolute atomic E-state index is 0.00656. The highest BCUT2D eigenvalue weighted by Crippen LogP contribution is 2.31. The number of halogens is 3. The first kappa shape index (κ1) is 18.3. The van der Waals surface area contributed by atoms with E-state index in [0.29, 0.717) is 0 Å². The molecule has 0 aromatic heterocycles. The van der Waals surface area contributed by atoms with Gasteiger partial charge in [-0.25, -0.2) is 8.42 Å². The summed E-state index contributed by atoms with van der Waals surface area (Å²) in [5.74, 6) is 0. The highest BCUT2D eigenvalue weighted by Gasteiger charge is 2.30. The van der Waals surface area contributed by atoms with Crippen LogP contribution in [0.25, 0.3) is 0 Å². The summed E-state index contributed by atoms with van der Waals surface area (Å²) in [6.45, 7) is 5.99. The number of anilines is 1. The van der Waals surface area contributed by atoms with Crippen LogP contribution in [0.4, 0.5) is 18.9 Å². The van der Waals surface area contributed by atoms with Crippen molar-refractivity contribution in [1.82, 2.24) is 0 Å². The van der Waals surface area contributed by atoms with E-state index in [1.54, 1.807) is 12.1 Å². The number of nitrogens with one attached hydrogen (secondary N) is 1. The average Bonchev–Trinajstić information content (AvgIpc) is 2.45. The smallest absolute Gasteiger partial charge is 0.280 e. The van der Waals surface area contributed by atoms with Gasteiger partial charge >= 0.3 is 6.18 Å². The van der Waals surface area contributed by atoms with Crippen molar-refractivity contribution in [2.45, 2.75) is 37.3 Å². The van der Waals surface area contributed by atoms with Gasteiger partial charge in [0, 0.05) is 5.69 Å². The van der Waals surface area contributed by atoms with Gasteiger partial charge in [0.15, 0.2) is 0 Å². The molecule has 1 N–H and O–H groups in total. The van der Waals surface area contributed by atoms with Crippen molar-refractivity contribution < 1.29 is 21.6 Å². The van der Waals surface area contributed by atoms with Crippen molar-refractivity contribution in [3.8, 4) is 0 Å². The van der Waals surface area contributed by atoms with Gasteiger partial charge in [-0.1, -0.05) is 39.0 Å². The van der Waals surface area contributed by atoms with Gasteiger partial charge in [0.2, 0.25) is 0 Å². The van der Waals surface area contributed by atoms with E-state index >= 15 is 0 Å². The van der Waals surface area contributed by atoms with Crippen LogP contribution < -0.4 is 4.72 Å². The topological polar surface area (TPSA) is 46.2 Å². The summed E-state index contributed by atoms with van der Waals surface area (Å²) in [4.78, 5) is -0.00656. The molecule has 0 aliphatic rings. The molecule has 0 spiro atoms. The highest BCUT2D eigenvalue weighted by molar-refractivity contribution is 7.92. The third kappa shape index (κ3) is 4.29. The molecule has 0 amide bonds. The second kappa shape index (κ2) is 6.12. The Bertz CT molecular complexity index is 820. The van der Waals surface area contributed by atoms with Crippen LogP contribution in [0, 0.1) is 0 Å². The van der Waals surface area contributed by atoms with Crippen LogP contribution in [0.3, 0.4) is 0 Å². The molecule has 0 aliphatic carbocycles. The van der Waals surface area contributed by atoms with Gasteiger partial charge in [-0.3, -0.25) is 4.72 Å². The molecule has 0 bridgehead atoms. The Morgan fingerprint density at radius 2 is 1.46 bits per heavy atom. The van der Waals surface area contributed by atoms with Gasteiger partial charge in [-0.05, 0) is 41.3 Å². The van der Waals surface area contributed by atoms with E-state index in [-0.39, 0.29) is 16.0 Å². The number of rotatable bonds is 3. The zero-order chi connectivity index (χ0) is 18.2. The molecule has 0 fully saturated rings. The summed E-state index contributed by atoms with van der Waals surface area (Å²) in [6, 6.07) is 10.4. The van der Waals surface area contributed by atoms with Crippen molar-refractivity contribution in [2.24, 2.45) is 0 Å². The van der Waals surface area contributed by atoms with Crippen molar-refractivity contribution in [2.75, 3.05) is 4.72 Å². The maximum absolute atomic E-state index is 12.7. The van der Waals surface area contributed by atoms with Crippen LogP contribution in [-0.2, 0) is 21.6 Å². The van der Waals surface area contributed by atoms with Crippen LogP contribution in [0.2, 0.25) is 0 Å². The first-order valence-corrected chi connectivity index (χ1v) is 8.68. The number of hydrogen-bond acceptors (Lipinski definition) is 2. The molecule has 2 aromatic carbocycles. The molecule has 0 radical (unpaired) electrons.